The molecule has 0 aliphatic heterocycles. The first-order valence-corrected chi connectivity index (χ1v) is 7.76. The Kier molecular flexibility index (Phi) is 4.24. The summed E-state index contributed by atoms with van der Waals surface area (Å²) >= 11 is 1.67. The second kappa shape index (κ2) is 6.48. The number of nitrogens with zero attached hydrogens (tertiary/aromatic N) is 4. The van der Waals surface area contributed by atoms with Gasteiger partial charge in [-0.15, -0.1) is 16.4 Å². The number of hydrogen-bond acceptors (Lipinski definition) is 5. The van der Waals surface area contributed by atoms with E-state index in [0.717, 1.165) is 23.4 Å². The number of anilines is 1. The number of nitrogens with one attached hydrogen (secondary N) is 1. The Morgan fingerprint density at radius 3 is 2.95 bits per heavy atom. The van der Waals surface area contributed by atoms with Gasteiger partial charge in [-0.2, -0.15) is 0 Å². The van der Waals surface area contributed by atoms with E-state index >= 15 is 0 Å². The summed E-state index contributed by atoms with van der Waals surface area (Å²) in [4.78, 5) is 13.2. The van der Waals surface area contributed by atoms with Gasteiger partial charge in [0.15, 0.2) is 0 Å². The van der Waals surface area contributed by atoms with Crippen molar-refractivity contribution in [1.82, 2.24) is 20.2 Å². The van der Waals surface area contributed by atoms with E-state index in [1.807, 2.05) is 42.6 Å². The number of rotatable bonds is 5. The van der Waals surface area contributed by atoms with Gasteiger partial charge in [0, 0.05) is 17.0 Å². The van der Waals surface area contributed by atoms with E-state index in [9.17, 15) is 4.79 Å². The van der Waals surface area contributed by atoms with Crippen LogP contribution in [-0.2, 0) is 11.2 Å². The summed E-state index contributed by atoms with van der Waals surface area (Å²) in [6.45, 7) is 1.96. The highest BCUT2D eigenvalue weighted by atomic mass is 32.1. The molecule has 0 radical (unpaired) electrons. The van der Waals surface area contributed by atoms with Gasteiger partial charge in [-0.1, -0.05) is 6.07 Å². The number of carbonyl (C=O) groups is 1. The number of hydrogen-bond donors (Lipinski definition) is 1. The van der Waals surface area contributed by atoms with Gasteiger partial charge in [0.1, 0.15) is 6.33 Å². The topological polar surface area (TPSA) is 72.7 Å². The van der Waals surface area contributed by atoms with Crippen LogP contribution in [0.15, 0.2) is 42.0 Å². The smallest absolute Gasteiger partial charge is 0.224 e. The summed E-state index contributed by atoms with van der Waals surface area (Å²) in [5.74, 6) is 0.0166. The minimum absolute atomic E-state index is 0.0166. The number of tetrazole rings is 1. The van der Waals surface area contributed by atoms with E-state index < -0.39 is 0 Å². The molecule has 1 amide bonds. The maximum atomic E-state index is 12.0. The lowest BCUT2D eigenvalue weighted by atomic mass is 10.1. The molecule has 0 saturated heterocycles. The van der Waals surface area contributed by atoms with Crippen molar-refractivity contribution < 1.29 is 4.79 Å². The average molecular weight is 313 g/mol. The second-order valence-electron chi connectivity index (χ2n) is 4.88. The van der Waals surface area contributed by atoms with Gasteiger partial charge in [0.25, 0.3) is 0 Å². The zero-order chi connectivity index (χ0) is 15.4. The molecule has 0 unspecified atom stereocenters. The molecule has 3 aromatic rings. The summed E-state index contributed by atoms with van der Waals surface area (Å²) in [5.41, 5.74) is 2.66. The number of amides is 1. The molecule has 0 saturated carbocycles. The van der Waals surface area contributed by atoms with Crippen molar-refractivity contribution >= 4 is 22.9 Å². The van der Waals surface area contributed by atoms with Crippen LogP contribution in [0.5, 0.6) is 0 Å². The second-order valence-corrected chi connectivity index (χ2v) is 5.92. The van der Waals surface area contributed by atoms with Crippen molar-refractivity contribution in [3.8, 4) is 5.69 Å². The number of aromatic nitrogens is 4. The fraction of sp³-hybridized carbons (Fsp3) is 0.200. The maximum absolute atomic E-state index is 12.0. The van der Waals surface area contributed by atoms with E-state index in [1.165, 1.54) is 4.88 Å². The summed E-state index contributed by atoms with van der Waals surface area (Å²) in [7, 11) is 0. The lowest BCUT2D eigenvalue weighted by Gasteiger charge is -2.09. The number of carbonyl (C=O) groups excluding carboxylic acids is 1. The third kappa shape index (κ3) is 3.37. The number of benzene rings is 1. The molecule has 112 valence electrons. The third-order valence-electron chi connectivity index (χ3n) is 3.25. The van der Waals surface area contributed by atoms with Gasteiger partial charge in [-0.05, 0) is 59.0 Å². The standard InChI is InChI=1S/C15H15N5OS/c1-11-9-12(4-6-14(11)20-10-16-18-19-20)17-15(21)7-5-13-3-2-8-22-13/h2-4,6,8-10H,5,7H2,1H3,(H,17,21). The first-order chi connectivity index (χ1) is 10.7. The SMILES string of the molecule is Cc1cc(NC(=O)CCc2cccs2)ccc1-n1cnnn1. The quantitative estimate of drug-likeness (QED) is 0.786. The Balaban J connectivity index is 1.63. The van der Waals surface area contributed by atoms with Crippen molar-refractivity contribution in [3.05, 3.63) is 52.5 Å². The Labute approximate surface area is 131 Å². The fourth-order valence-electron chi connectivity index (χ4n) is 2.18. The monoisotopic (exact) mass is 313 g/mol. The minimum atomic E-state index is 0.0166. The lowest BCUT2D eigenvalue weighted by Crippen LogP contribution is -2.12. The molecule has 0 bridgehead atoms. The zero-order valence-corrected chi connectivity index (χ0v) is 12.9. The van der Waals surface area contributed by atoms with E-state index in [2.05, 4.69) is 20.8 Å². The molecule has 1 aromatic carbocycles. The normalized spacial score (nSPS) is 10.6. The lowest BCUT2D eigenvalue weighted by molar-refractivity contribution is -0.116. The Hall–Kier alpha value is -2.54. The molecule has 0 spiro atoms. The molecule has 1 N–H and O–H groups in total. The molecule has 2 heterocycles. The van der Waals surface area contributed by atoms with Crippen molar-refractivity contribution in [2.45, 2.75) is 19.8 Å². The zero-order valence-electron chi connectivity index (χ0n) is 12.1. The molecule has 0 atom stereocenters. The van der Waals surface area contributed by atoms with Crippen LogP contribution in [0.2, 0.25) is 0 Å². The molecule has 3 rings (SSSR count). The van der Waals surface area contributed by atoms with Crippen molar-refractivity contribution in [2.75, 3.05) is 5.32 Å². The van der Waals surface area contributed by atoms with Gasteiger partial charge in [-0.3, -0.25) is 4.79 Å². The van der Waals surface area contributed by atoms with Gasteiger partial charge in [-0.25, -0.2) is 4.68 Å². The number of thiophene rings is 1. The van der Waals surface area contributed by atoms with Gasteiger partial charge < -0.3 is 5.32 Å². The van der Waals surface area contributed by atoms with E-state index in [4.69, 9.17) is 0 Å². The van der Waals surface area contributed by atoms with E-state index in [1.54, 1.807) is 22.3 Å². The maximum Gasteiger partial charge on any atom is 0.224 e. The largest absolute Gasteiger partial charge is 0.326 e. The predicted octanol–water partition coefficient (Wildman–Crippen LogP) is 2.60. The Bertz CT molecular complexity index is 752. The summed E-state index contributed by atoms with van der Waals surface area (Å²) < 4.78 is 1.59. The first kappa shape index (κ1) is 14.4. The summed E-state index contributed by atoms with van der Waals surface area (Å²) in [5, 5.41) is 16.1. The first-order valence-electron chi connectivity index (χ1n) is 6.88. The van der Waals surface area contributed by atoms with Crippen molar-refractivity contribution in [3.63, 3.8) is 0 Å². The molecule has 0 fully saturated rings. The fourth-order valence-corrected chi connectivity index (χ4v) is 2.89. The third-order valence-corrected chi connectivity index (χ3v) is 4.19. The van der Waals surface area contributed by atoms with Gasteiger partial charge in [0.2, 0.25) is 5.91 Å². The van der Waals surface area contributed by atoms with Crippen molar-refractivity contribution in [2.24, 2.45) is 0 Å². The molecule has 0 aliphatic rings. The van der Waals surface area contributed by atoms with Crippen molar-refractivity contribution in [1.29, 1.82) is 0 Å². The average Bonchev–Trinajstić information content (AvgIpc) is 3.19. The van der Waals surface area contributed by atoms with Crippen LogP contribution in [0, 0.1) is 6.92 Å². The molecule has 22 heavy (non-hydrogen) atoms. The molecular weight excluding hydrogens is 298 g/mol. The van der Waals surface area contributed by atoms with Crippen LogP contribution in [0.3, 0.4) is 0 Å². The van der Waals surface area contributed by atoms with Crippen LogP contribution in [0.4, 0.5) is 5.69 Å². The van der Waals surface area contributed by atoms with Gasteiger partial charge in [0.05, 0.1) is 5.69 Å². The van der Waals surface area contributed by atoms with Crippen LogP contribution in [0.1, 0.15) is 16.9 Å². The summed E-state index contributed by atoms with van der Waals surface area (Å²) in [6.07, 6.45) is 2.79. The van der Waals surface area contributed by atoms with E-state index in [0.29, 0.717) is 6.42 Å². The van der Waals surface area contributed by atoms with Crippen LogP contribution in [-0.4, -0.2) is 26.1 Å². The Morgan fingerprint density at radius 1 is 1.36 bits per heavy atom. The van der Waals surface area contributed by atoms with Gasteiger partial charge >= 0.3 is 0 Å². The van der Waals surface area contributed by atoms with Crippen LogP contribution >= 0.6 is 11.3 Å². The number of aryl methyl sites for hydroxylation is 2. The predicted molar refractivity (Wildman–Crippen MR) is 85.2 cm³/mol. The molecule has 6 nitrogen and oxygen atoms in total. The van der Waals surface area contributed by atoms with Crippen LogP contribution < -0.4 is 5.32 Å². The molecule has 7 heteroatoms. The highest BCUT2D eigenvalue weighted by Gasteiger charge is 2.07. The molecular formula is C15H15N5OS. The van der Waals surface area contributed by atoms with E-state index in [-0.39, 0.29) is 5.91 Å². The Morgan fingerprint density at radius 2 is 2.27 bits per heavy atom. The minimum Gasteiger partial charge on any atom is -0.326 e. The highest BCUT2D eigenvalue weighted by molar-refractivity contribution is 7.09. The van der Waals surface area contributed by atoms with Crippen LogP contribution in [0.25, 0.3) is 5.69 Å². The highest BCUT2D eigenvalue weighted by Crippen LogP contribution is 2.18. The molecule has 2 aromatic heterocycles. The molecule has 0 aliphatic carbocycles. The summed E-state index contributed by atoms with van der Waals surface area (Å²) in [6, 6.07) is 9.70.